The minimum absolute atomic E-state index is 0.726. The van der Waals surface area contributed by atoms with Gasteiger partial charge in [-0.15, -0.1) is 0 Å². The number of carbonyl (C=O) groups excluding carboxylic acids is 2. The maximum Gasteiger partial charge on any atom is 0.667 e. The van der Waals surface area contributed by atoms with Gasteiger partial charge in [0.2, 0.25) is 0 Å². The first-order valence-corrected chi connectivity index (χ1v) is 20.0. The van der Waals surface area contributed by atoms with Gasteiger partial charge in [0.15, 0.2) is 80.9 Å². The van der Waals surface area contributed by atoms with E-state index in [4.69, 9.17) is 0 Å². The third-order valence-electron chi connectivity index (χ3n) is 10.9. The highest BCUT2D eigenvalue weighted by Gasteiger charge is 2.68. The number of benzene rings is 7. The van der Waals surface area contributed by atoms with Crippen molar-refractivity contribution in [2.45, 2.75) is 6.92 Å². The van der Waals surface area contributed by atoms with E-state index < -0.39 is 234 Å². The van der Waals surface area contributed by atoms with Gasteiger partial charge in [-0.2, -0.15) is 0 Å². The Morgan fingerprint density at radius 1 is 0.286 bits per heavy atom. The zero-order valence-corrected chi connectivity index (χ0v) is 36.3. The van der Waals surface area contributed by atoms with Crippen LogP contribution in [0.1, 0.15) is 25.4 Å². The number of rotatable bonds is 6. The van der Waals surface area contributed by atoms with E-state index in [-0.39, 0.29) is 0 Å². The summed E-state index contributed by atoms with van der Waals surface area (Å²) in [6.45, 7) is -12.4. The third kappa shape index (κ3) is 9.08. The largest absolute Gasteiger partial charge is 0.667 e. The van der Waals surface area contributed by atoms with Crippen molar-refractivity contribution in [1.82, 2.24) is 0 Å². The fraction of sp³-hybridized carbons (Fsp3) is 0.0222. The second-order valence-electron chi connectivity index (χ2n) is 15.5. The molecular weight excluding hydrogens is 1120 g/mol. The van der Waals surface area contributed by atoms with Crippen molar-refractivity contribution in [3.8, 4) is 0 Å². The SMILES string of the molecule is Cc1ccccc1.Fc1cc(F)c(C2=[O+][B-](c3c(F)c(F)c(F)c(F)c3F)(c3c(F)c(F)c(F)c(F)c3F)OC(c3c(F)cc(F)cc3F)=[O+][B-](c3c(F)c(F)c(F)c(F)c3F)(c3c(F)c(F)c(F)c(F)c3F)O2)c(F)c1. The summed E-state index contributed by atoms with van der Waals surface area (Å²) in [7, 11) is 0. The van der Waals surface area contributed by atoms with Crippen molar-refractivity contribution in [2.24, 2.45) is 0 Å². The highest BCUT2D eigenvalue weighted by molar-refractivity contribution is 6.94. The van der Waals surface area contributed by atoms with E-state index in [2.05, 4.69) is 37.0 Å². The van der Waals surface area contributed by atoms with Crippen LogP contribution in [0.4, 0.5) is 114 Å². The lowest BCUT2D eigenvalue weighted by Gasteiger charge is -2.35. The molecule has 0 saturated carbocycles. The fourth-order valence-electron chi connectivity index (χ4n) is 7.53. The molecule has 0 atom stereocenters. The van der Waals surface area contributed by atoms with Gasteiger partial charge in [0, 0.05) is 46.1 Å². The lowest BCUT2D eigenvalue weighted by molar-refractivity contribution is -0.188. The monoisotopic (exact) mass is 1130 g/mol. The molecule has 404 valence electrons. The molecule has 0 aromatic heterocycles. The minimum Gasteiger partial charge on any atom is -0.508 e. The zero-order chi connectivity index (χ0) is 57.4. The molecule has 8 rings (SSSR count). The molecule has 0 aliphatic carbocycles. The lowest BCUT2D eigenvalue weighted by Crippen LogP contribution is -2.71. The zero-order valence-electron chi connectivity index (χ0n) is 36.3. The smallest absolute Gasteiger partial charge is 0.508 e. The molecule has 1 aliphatic rings. The summed E-state index contributed by atoms with van der Waals surface area (Å²) < 4.78 is 421. The first-order valence-electron chi connectivity index (χ1n) is 20.0. The summed E-state index contributed by atoms with van der Waals surface area (Å²) in [5.41, 5.74) is -18.5. The first kappa shape index (κ1) is 56.5. The average molecular weight is 1130 g/mol. The molecule has 0 fully saturated rings. The highest BCUT2D eigenvalue weighted by atomic mass is 19.2. The minimum atomic E-state index is -7.22. The second kappa shape index (κ2) is 20.4. The van der Waals surface area contributed by atoms with Gasteiger partial charge in [-0.1, -0.05) is 35.9 Å². The number of hydrogen-bond donors (Lipinski definition) is 0. The summed E-state index contributed by atoms with van der Waals surface area (Å²) in [6.07, 6.45) is 0. The van der Waals surface area contributed by atoms with Gasteiger partial charge >= 0.3 is 25.0 Å². The molecule has 4 nitrogen and oxygen atoms in total. The van der Waals surface area contributed by atoms with Crippen LogP contribution >= 0.6 is 0 Å². The molecule has 1 heterocycles. The van der Waals surface area contributed by atoms with Crippen molar-refractivity contribution in [3.05, 3.63) is 223 Å². The number of halogens is 26. The summed E-state index contributed by atoms with van der Waals surface area (Å²) in [6, 6.07) is 7.36. The Hall–Kier alpha value is -8.21. The van der Waals surface area contributed by atoms with Gasteiger partial charge in [-0.25, -0.2) is 114 Å². The van der Waals surface area contributed by atoms with Gasteiger partial charge in [-0.05, 0) is 6.92 Å². The van der Waals surface area contributed by atoms with E-state index in [1.165, 1.54) is 5.56 Å². The topological polar surface area (TPSA) is 41.1 Å². The second-order valence-corrected chi connectivity index (χ2v) is 15.5. The average Bonchev–Trinajstić information content (AvgIpc) is 3.35. The molecule has 7 aromatic carbocycles. The van der Waals surface area contributed by atoms with Crippen LogP contribution in [0.5, 0.6) is 0 Å². The van der Waals surface area contributed by atoms with Gasteiger partial charge in [-0.3, -0.25) is 0 Å². The molecule has 77 heavy (non-hydrogen) atoms. The predicted molar refractivity (Wildman–Crippen MR) is 210 cm³/mol. The van der Waals surface area contributed by atoms with Crippen molar-refractivity contribution < 1.29 is 132 Å². The molecule has 0 amide bonds. The Kier molecular flexibility index (Phi) is 15.0. The van der Waals surface area contributed by atoms with Gasteiger partial charge in [0.25, 0.3) is 0 Å². The Morgan fingerprint density at radius 2 is 0.481 bits per heavy atom. The Bertz CT molecular complexity index is 3190. The third-order valence-corrected chi connectivity index (χ3v) is 10.9. The first-order chi connectivity index (χ1) is 35.9. The summed E-state index contributed by atoms with van der Waals surface area (Å²) >= 11 is 0. The van der Waals surface area contributed by atoms with E-state index in [9.17, 15) is 26.3 Å². The van der Waals surface area contributed by atoms with Crippen molar-refractivity contribution >= 4 is 46.9 Å². The van der Waals surface area contributed by atoms with Gasteiger partial charge < -0.3 is 18.0 Å². The molecule has 0 radical (unpaired) electrons. The number of aryl methyl sites for hydroxylation is 1. The van der Waals surface area contributed by atoms with Crippen LogP contribution in [0.2, 0.25) is 0 Å². The highest BCUT2D eigenvalue weighted by Crippen LogP contribution is 2.35. The van der Waals surface area contributed by atoms with Crippen molar-refractivity contribution in [3.63, 3.8) is 0 Å². The predicted octanol–water partition coefficient (Wildman–Crippen LogP) is 10.9. The normalized spacial score (nSPS) is 14.0. The molecule has 0 unspecified atom stereocenters. The van der Waals surface area contributed by atoms with Crippen LogP contribution in [0.25, 0.3) is 0 Å². The van der Waals surface area contributed by atoms with Crippen molar-refractivity contribution in [2.75, 3.05) is 0 Å². The molecular formula is C45H12B2F26O4. The lowest BCUT2D eigenvalue weighted by atomic mass is 9.44. The molecule has 1 aliphatic heterocycles. The van der Waals surface area contributed by atoms with E-state index >= 15 is 87.8 Å². The Balaban J connectivity index is 0.00000114. The van der Waals surface area contributed by atoms with Crippen LogP contribution in [0, 0.1) is 158 Å². The van der Waals surface area contributed by atoms with Crippen LogP contribution in [0.15, 0.2) is 54.6 Å². The van der Waals surface area contributed by atoms with Crippen LogP contribution < -0.4 is 21.9 Å². The van der Waals surface area contributed by atoms with Crippen LogP contribution in [-0.4, -0.2) is 25.0 Å². The molecule has 0 bridgehead atoms. The number of hydrogen-bond acceptors (Lipinski definition) is 2. The molecule has 32 heteroatoms. The van der Waals surface area contributed by atoms with Gasteiger partial charge in [0.1, 0.15) is 81.4 Å². The van der Waals surface area contributed by atoms with E-state index in [0.29, 0.717) is 0 Å². The van der Waals surface area contributed by atoms with E-state index in [1.807, 2.05) is 18.2 Å². The maximum atomic E-state index is 16.2. The van der Waals surface area contributed by atoms with E-state index in [0.717, 1.165) is 0 Å². The molecule has 7 aromatic rings. The van der Waals surface area contributed by atoms with Crippen LogP contribution in [-0.2, 0) is 9.31 Å². The summed E-state index contributed by atoms with van der Waals surface area (Å²) in [4.78, 5) is 0. The maximum absolute atomic E-state index is 16.2. The summed E-state index contributed by atoms with van der Waals surface area (Å²) in [5, 5.41) is 0. The van der Waals surface area contributed by atoms with Gasteiger partial charge in [0.05, 0.1) is 0 Å². The Morgan fingerprint density at radius 3 is 0.662 bits per heavy atom. The summed E-state index contributed by atoms with van der Waals surface area (Å²) in [5.74, 6) is -95.0. The Labute approximate surface area is 408 Å². The van der Waals surface area contributed by atoms with Crippen molar-refractivity contribution in [1.29, 1.82) is 0 Å². The molecule has 0 spiro atoms. The van der Waals surface area contributed by atoms with Crippen LogP contribution in [0.3, 0.4) is 0 Å². The molecule has 0 N–H and O–H groups in total. The molecule has 0 saturated heterocycles. The quantitative estimate of drug-likeness (QED) is 0.0547. The fourth-order valence-corrected chi connectivity index (χ4v) is 7.53. The standard InChI is InChI=1S/C38H4B2F26O4.C7H8/c41-5-1-7(43)11(8(44)2-5)37-67-39(13-17(47)25(55)33(63)26(56)18(13)48,14-19(49)27(57)34(64)28(58)20(14)50)69-38(12-9(45)3-6(42)4-10(12)46)70-40(68-37,15-21(51)29(59)35(65)30(60)22(15)52)16-23(53)31(61)36(66)32(62)24(16)54;1-7-5-3-2-4-6-7/h1-4H;2-6H,1H3. The van der Waals surface area contributed by atoms with E-state index in [1.54, 1.807) is 0 Å².